The van der Waals surface area contributed by atoms with E-state index in [4.69, 9.17) is 14.2 Å². The molecule has 0 aliphatic heterocycles. The van der Waals surface area contributed by atoms with Gasteiger partial charge in [0.2, 0.25) is 0 Å². The first-order valence-electron chi connectivity index (χ1n) is 26.9. The molecule has 0 aliphatic carbocycles. The average Bonchev–Trinajstić information content (AvgIpc) is 3.24. The predicted octanol–water partition coefficient (Wildman–Crippen LogP) is 15.6. The minimum atomic E-state index is -0.875. The zero-order valence-corrected chi connectivity index (χ0v) is 42.3. The molecule has 370 valence electrons. The number of hydrogen-bond donors (Lipinski definition) is 1. The van der Waals surface area contributed by atoms with Gasteiger partial charge in [-0.25, -0.2) is 4.79 Å². The molecule has 0 aromatic heterocycles. The normalized spacial score (nSPS) is 13.0. The summed E-state index contributed by atoms with van der Waals surface area (Å²) in [5, 5.41) is 9.66. The van der Waals surface area contributed by atoms with Crippen molar-refractivity contribution < 1.29 is 38.2 Å². The molecule has 0 saturated carbocycles. The number of carboxylic acid groups (broad SMARTS) is 1. The molecule has 0 heterocycles. The number of allylic oxidation sites excluding steroid dienone is 4. The Morgan fingerprint density at radius 2 is 0.825 bits per heavy atom. The number of esters is 2. The van der Waals surface area contributed by atoms with Crippen molar-refractivity contribution in [3.8, 4) is 0 Å². The summed E-state index contributed by atoms with van der Waals surface area (Å²) in [4.78, 5) is 37.2. The van der Waals surface area contributed by atoms with Crippen molar-refractivity contribution in [2.45, 2.75) is 270 Å². The molecule has 0 bridgehead atoms. The summed E-state index contributed by atoms with van der Waals surface area (Å²) in [5.41, 5.74) is 0. The van der Waals surface area contributed by atoms with Crippen LogP contribution in [0.4, 0.5) is 0 Å². The average molecular weight is 891 g/mol. The third kappa shape index (κ3) is 44.8. The first-order valence-corrected chi connectivity index (χ1v) is 26.9. The Balaban J connectivity index is 4.19. The molecule has 8 heteroatoms. The van der Waals surface area contributed by atoms with E-state index >= 15 is 0 Å². The summed E-state index contributed by atoms with van der Waals surface area (Å²) in [5.74, 6) is -1.48. The number of carbonyl (C=O) groups is 3. The lowest BCUT2D eigenvalue weighted by atomic mass is 10.0. The number of quaternary nitrogens is 1. The maximum absolute atomic E-state index is 12.8. The Bertz CT molecular complexity index is 1080. The number of aliphatic carboxylic acids is 1. The van der Waals surface area contributed by atoms with E-state index in [1.807, 2.05) is 21.1 Å². The van der Waals surface area contributed by atoms with Crippen LogP contribution in [-0.2, 0) is 28.6 Å². The zero-order valence-electron chi connectivity index (χ0n) is 42.3. The number of carboxylic acids is 1. The van der Waals surface area contributed by atoms with Gasteiger partial charge in [0, 0.05) is 19.3 Å². The lowest BCUT2D eigenvalue weighted by Crippen LogP contribution is -2.50. The van der Waals surface area contributed by atoms with Gasteiger partial charge in [-0.05, 0) is 38.5 Å². The Labute approximate surface area is 390 Å². The van der Waals surface area contributed by atoms with Crippen molar-refractivity contribution in [3.05, 3.63) is 24.3 Å². The summed E-state index contributed by atoms with van der Waals surface area (Å²) in [7, 11) is 5.54. The van der Waals surface area contributed by atoms with Gasteiger partial charge in [0.1, 0.15) is 6.61 Å². The number of rotatable bonds is 49. The lowest BCUT2D eigenvalue weighted by molar-refractivity contribution is -0.887. The van der Waals surface area contributed by atoms with Gasteiger partial charge in [-0.2, -0.15) is 0 Å². The number of nitrogens with zero attached hydrogens (tertiary/aromatic N) is 1. The molecular weight excluding hydrogens is 787 g/mol. The number of ether oxygens (including phenoxy) is 3. The molecule has 0 amide bonds. The largest absolute Gasteiger partial charge is 0.477 e. The predicted molar refractivity (Wildman–Crippen MR) is 266 cm³/mol. The highest BCUT2D eigenvalue weighted by Gasteiger charge is 2.31. The third-order valence-electron chi connectivity index (χ3n) is 12.4. The van der Waals surface area contributed by atoms with E-state index < -0.39 is 18.1 Å². The molecule has 0 radical (unpaired) electrons. The third-order valence-corrected chi connectivity index (χ3v) is 12.4. The topological polar surface area (TPSA) is 99.1 Å². The molecule has 2 unspecified atom stereocenters. The van der Waals surface area contributed by atoms with Crippen LogP contribution in [0, 0.1) is 0 Å². The van der Waals surface area contributed by atoms with Crippen molar-refractivity contribution in [1.82, 2.24) is 0 Å². The van der Waals surface area contributed by atoms with Crippen LogP contribution in [0.25, 0.3) is 0 Å². The summed E-state index contributed by atoms with van der Waals surface area (Å²) < 4.78 is 17.4. The van der Waals surface area contributed by atoms with Gasteiger partial charge in [0.25, 0.3) is 0 Å². The summed E-state index contributed by atoms with van der Waals surface area (Å²) in [6.07, 6.45) is 53.8. The fraction of sp³-hybridized carbons (Fsp3) is 0.873. The van der Waals surface area contributed by atoms with Crippen molar-refractivity contribution in [3.63, 3.8) is 0 Å². The van der Waals surface area contributed by atoms with Crippen LogP contribution in [-0.4, -0.2) is 80.6 Å². The molecular formula is C55H104NO7+. The number of hydrogen-bond acceptors (Lipinski definition) is 6. The van der Waals surface area contributed by atoms with Gasteiger partial charge in [-0.1, -0.05) is 224 Å². The second-order valence-corrected chi connectivity index (χ2v) is 19.5. The van der Waals surface area contributed by atoms with Gasteiger partial charge >= 0.3 is 17.9 Å². The number of unbranched alkanes of at least 4 members (excludes halogenated alkanes) is 32. The van der Waals surface area contributed by atoms with E-state index in [2.05, 4.69) is 38.2 Å². The quantitative estimate of drug-likeness (QED) is 0.0281. The molecule has 0 aromatic rings. The van der Waals surface area contributed by atoms with Crippen LogP contribution >= 0.6 is 0 Å². The van der Waals surface area contributed by atoms with Gasteiger partial charge < -0.3 is 23.8 Å². The van der Waals surface area contributed by atoms with Crippen LogP contribution in [0.3, 0.4) is 0 Å². The zero-order chi connectivity index (χ0) is 46.3. The van der Waals surface area contributed by atoms with Gasteiger partial charge in [0.15, 0.2) is 12.1 Å². The second-order valence-electron chi connectivity index (χ2n) is 19.5. The minimum absolute atomic E-state index is 0.0573. The SMILES string of the molecule is CCCCCCCCC/C=C/C=C/CCCCCC(=O)OCC(COCCC(C(=O)O)[N+](C)(C)C)OC(=O)CCCCCCCCCCCCCCCCCCCCCCCCC. The Hall–Kier alpha value is -2.19. The van der Waals surface area contributed by atoms with Gasteiger partial charge in [-0.3, -0.25) is 9.59 Å². The van der Waals surface area contributed by atoms with E-state index in [9.17, 15) is 19.5 Å². The van der Waals surface area contributed by atoms with Crippen LogP contribution in [0.1, 0.15) is 258 Å². The molecule has 1 N–H and O–H groups in total. The molecule has 8 nitrogen and oxygen atoms in total. The highest BCUT2D eigenvalue weighted by molar-refractivity contribution is 5.72. The van der Waals surface area contributed by atoms with Crippen molar-refractivity contribution in [2.24, 2.45) is 0 Å². The van der Waals surface area contributed by atoms with E-state index in [0.29, 0.717) is 19.3 Å². The summed E-state index contributed by atoms with van der Waals surface area (Å²) >= 11 is 0. The second kappa shape index (κ2) is 46.3. The van der Waals surface area contributed by atoms with Gasteiger partial charge in [0.05, 0.1) is 34.4 Å². The monoisotopic (exact) mass is 891 g/mol. The summed E-state index contributed by atoms with van der Waals surface area (Å²) in [6, 6.07) is -0.616. The first kappa shape index (κ1) is 60.8. The molecule has 0 saturated heterocycles. The van der Waals surface area contributed by atoms with Crippen LogP contribution in [0.2, 0.25) is 0 Å². The van der Waals surface area contributed by atoms with E-state index in [-0.39, 0.29) is 36.2 Å². The van der Waals surface area contributed by atoms with E-state index in [1.165, 1.54) is 173 Å². The standard InChI is InChI=1S/C55H103NO7/c1-6-8-10-12-14-16-18-20-22-24-25-26-27-28-29-30-32-34-36-38-40-42-44-46-54(58)63-51(49-61-48-47-52(55(59)60)56(3,4)5)50-62-53(57)45-43-41-39-37-35-33-31-23-21-19-17-15-13-11-9-7-2/h23,31,33,35,51-52H,6-22,24-30,32,34,36-50H2,1-5H3/p+1/b31-23+,35-33+. The Morgan fingerprint density at radius 3 is 1.21 bits per heavy atom. The number of carbonyl (C=O) groups excluding carboxylic acids is 2. The van der Waals surface area contributed by atoms with Crippen molar-refractivity contribution >= 4 is 17.9 Å². The molecule has 0 aliphatic rings. The Kier molecular flexibility index (Phi) is 44.7. The maximum Gasteiger partial charge on any atom is 0.362 e. The van der Waals surface area contributed by atoms with E-state index in [0.717, 1.165) is 51.4 Å². The van der Waals surface area contributed by atoms with Crippen molar-refractivity contribution in [2.75, 3.05) is 41.0 Å². The minimum Gasteiger partial charge on any atom is -0.477 e. The molecule has 0 fully saturated rings. The highest BCUT2D eigenvalue weighted by atomic mass is 16.6. The Morgan fingerprint density at radius 1 is 0.476 bits per heavy atom. The maximum atomic E-state index is 12.8. The van der Waals surface area contributed by atoms with Gasteiger partial charge in [-0.15, -0.1) is 0 Å². The molecule has 0 spiro atoms. The van der Waals surface area contributed by atoms with Crippen LogP contribution < -0.4 is 0 Å². The lowest BCUT2D eigenvalue weighted by Gasteiger charge is -2.31. The fourth-order valence-corrected chi connectivity index (χ4v) is 8.20. The van der Waals surface area contributed by atoms with Crippen LogP contribution in [0.15, 0.2) is 24.3 Å². The summed E-state index contributed by atoms with van der Waals surface area (Å²) in [6.45, 7) is 4.75. The molecule has 0 aromatic carbocycles. The van der Waals surface area contributed by atoms with Crippen LogP contribution in [0.5, 0.6) is 0 Å². The van der Waals surface area contributed by atoms with E-state index in [1.54, 1.807) is 0 Å². The first-order chi connectivity index (χ1) is 30.6. The molecule has 0 rings (SSSR count). The molecule has 2 atom stereocenters. The van der Waals surface area contributed by atoms with Crippen molar-refractivity contribution in [1.29, 1.82) is 0 Å². The highest BCUT2D eigenvalue weighted by Crippen LogP contribution is 2.17. The fourth-order valence-electron chi connectivity index (χ4n) is 8.20. The smallest absolute Gasteiger partial charge is 0.362 e. The number of likely N-dealkylation sites (N-methyl/N-ethyl adjacent to an activating group) is 1. The molecule has 63 heavy (non-hydrogen) atoms.